The van der Waals surface area contributed by atoms with Gasteiger partial charge in [0.2, 0.25) is 0 Å². The third kappa shape index (κ3) is 4.37. The van der Waals surface area contributed by atoms with Crippen LogP contribution < -0.4 is 5.73 Å². The molecule has 0 aliphatic carbocycles. The molecule has 1 rings (SSSR count). The molecule has 16 heavy (non-hydrogen) atoms. The van der Waals surface area contributed by atoms with Crippen LogP contribution in [0.1, 0.15) is 33.1 Å². The van der Waals surface area contributed by atoms with Gasteiger partial charge in [0.05, 0.1) is 6.10 Å². The van der Waals surface area contributed by atoms with Crippen molar-refractivity contribution >= 4 is 5.84 Å². The van der Waals surface area contributed by atoms with Crippen molar-refractivity contribution in [3.8, 4) is 0 Å². The molecule has 0 saturated carbocycles. The molecule has 1 aliphatic rings. The predicted octanol–water partition coefficient (Wildman–Crippen LogP) is 1.01. The largest absolute Gasteiger partial charge is 0.409 e. The highest BCUT2D eigenvalue weighted by molar-refractivity contribution is 5.79. The topological polar surface area (TPSA) is 71.1 Å². The van der Waals surface area contributed by atoms with E-state index in [9.17, 15) is 0 Å². The Bertz CT molecular complexity index is 225. The second-order valence-electron chi connectivity index (χ2n) is 4.57. The smallest absolute Gasteiger partial charge is 0.140 e. The minimum absolute atomic E-state index is 0.290. The molecule has 1 fully saturated rings. The fourth-order valence-corrected chi connectivity index (χ4v) is 1.92. The lowest BCUT2D eigenvalue weighted by Crippen LogP contribution is -2.39. The molecule has 0 amide bonds. The van der Waals surface area contributed by atoms with Gasteiger partial charge in [0.15, 0.2) is 0 Å². The number of hydrogen-bond donors (Lipinski definition) is 2. The summed E-state index contributed by atoms with van der Waals surface area (Å²) in [5.74, 6) is 0.290. The van der Waals surface area contributed by atoms with E-state index in [1.165, 1.54) is 0 Å². The van der Waals surface area contributed by atoms with E-state index in [0.717, 1.165) is 32.5 Å². The number of nitrogens with zero attached hydrogens (tertiary/aromatic N) is 2. The van der Waals surface area contributed by atoms with Crippen molar-refractivity contribution in [2.45, 2.75) is 45.3 Å². The van der Waals surface area contributed by atoms with Gasteiger partial charge >= 0.3 is 0 Å². The summed E-state index contributed by atoms with van der Waals surface area (Å²) in [5.41, 5.74) is 5.47. The Hall–Kier alpha value is -0.810. The average Bonchev–Trinajstić information content (AvgIpc) is 2.75. The summed E-state index contributed by atoms with van der Waals surface area (Å²) in [5, 5.41) is 11.5. The van der Waals surface area contributed by atoms with Crippen molar-refractivity contribution in [2.75, 3.05) is 19.7 Å². The van der Waals surface area contributed by atoms with E-state index in [2.05, 4.69) is 23.9 Å². The van der Waals surface area contributed by atoms with Gasteiger partial charge in [-0.1, -0.05) is 5.16 Å². The van der Waals surface area contributed by atoms with Gasteiger partial charge in [-0.15, -0.1) is 0 Å². The molecule has 1 heterocycles. The van der Waals surface area contributed by atoms with Crippen LogP contribution in [0.3, 0.4) is 0 Å². The van der Waals surface area contributed by atoms with E-state index in [0.29, 0.717) is 18.6 Å². The zero-order valence-electron chi connectivity index (χ0n) is 10.2. The lowest BCUT2D eigenvalue weighted by molar-refractivity contribution is 0.0635. The highest BCUT2D eigenvalue weighted by Gasteiger charge is 2.20. The van der Waals surface area contributed by atoms with Crippen LogP contribution >= 0.6 is 0 Å². The summed E-state index contributed by atoms with van der Waals surface area (Å²) in [4.78, 5) is 2.31. The normalized spacial score (nSPS) is 22.2. The lowest BCUT2D eigenvalue weighted by atomic mass is 10.2. The molecule has 3 N–H and O–H groups in total. The number of hydrogen-bond acceptors (Lipinski definition) is 4. The highest BCUT2D eigenvalue weighted by Crippen LogP contribution is 2.14. The fraction of sp³-hybridized carbons (Fsp3) is 0.909. The van der Waals surface area contributed by atoms with Gasteiger partial charge in [0.1, 0.15) is 5.84 Å². The van der Waals surface area contributed by atoms with Gasteiger partial charge in [-0.3, -0.25) is 4.90 Å². The van der Waals surface area contributed by atoms with Gasteiger partial charge in [-0.2, -0.15) is 0 Å². The van der Waals surface area contributed by atoms with Crippen LogP contribution in [-0.4, -0.2) is 47.8 Å². The monoisotopic (exact) mass is 229 g/mol. The summed E-state index contributed by atoms with van der Waals surface area (Å²) >= 11 is 0. The number of nitrogens with two attached hydrogens (primary N) is 1. The van der Waals surface area contributed by atoms with Gasteiger partial charge in [-0.05, 0) is 26.7 Å². The molecule has 1 atom stereocenters. The summed E-state index contributed by atoms with van der Waals surface area (Å²) in [6.45, 7) is 6.95. The fourth-order valence-electron chi connectivity index (χ4n) is 1.92. The van der Waals surface area contributed by atoms with E-state index in [1.807, 2.05) is 0 Å². The Balaban J connectivity index is 2.34. The van der Waals surface area contributed by atoms with Gasteiger partial charge in [0, 0.05) is 32.2 Å². The Morgan fingerprint density at radius 2 is 2.38 bits per heavy atom. The molecule has 0 bridgehead atoms. The first-order valence-corrected chi connectivity index (χ1v) is 5.95. The van der Waals surface area contributed by atoms with E-state index in [-0.39, 0.29) is 5.84 Å². The third-order valence-corrected chi connectivity index (χ3v) is 2.98. The number of oxime groups is 1. The van der Waals surface area contributed by atoms with Crippen LogP contribution in [0.15, 0.2) is 5.16 Å². The van der Waals surface area contributed by atoms with Crippen LogP contribution in [0, 0.1) is 0 Å². The SMILES string of the molecule is CC(C)N(CCC(N)=NO)CC1CCCO1. The number of amidine groups is 1. The van der Waals surface area contributed by atoms with E-state index in [4.69, 9.17) is 15.7 Å². The summed E-state index contributed by atoms with van der Waals surface area (Å²) in [7, 11) is 0. The maximum absolute atomic E-state index is 8.49. The van der Waals surface area contributed by atoms with Crippen molar-refractivity contribution < 1.29 is 9.94 Å². The predicted molar refractivity (Wildman–Crippen MR) is 63.7 cm³/mol. The number of ether oxygens (including phenoxy) is 1. The Labute approximate surface area is 97.2 Å². The van der Waals surface area contributed by atoms with Crippen molar-refractivity contribution in [3.63, 3.8) is 0 Å². The zero-order chi connectivity index (χ0) is 12.0. The minimum atomic E-state index is 0.290. The van der Waals surface area contributed by atoms with Crippen LogP contribution in [0.25, 0.3) is 0 Å². The first-order valence-electron chi connectivity index (χ1n) is 5.95. The van der Waals surface area contributed by atoms with Crippen molar-refractivity contribution in [1.82, 2.24) is 4.90 Å². The molecule has 0 aromatic carbocycles. The number of rotatable bonds is 6. The molecule has 1 saturated heterocycles. The lowest BCUT2D eigenvalue weighted by Gasteiger charge is -2.28. The maximum atomic E-state index is 8.49. The first kappa shape index (κ1) is 13.3. The third-order valence-electron chi connectivity index (χ3n) is 2.98. The van der Waals surface area contributed by atoms with E-state index < -0.39 is 0 Å². The zero-order valence-corrected chi connectivity index (χ0v) is 10.2. The first-order chi connectivity index (χ1) is 7.63. The maximum Gasteiger partial charge on any atom is 0.140 e. The molecule has 5 nitrogen and oxygen atoms in total. The molecule has 1 unspecified atom stereocenters. The second kappa shape index (κ2) is 6.70. The summed E-state index contributed by atoms with van der Waals surface area (Å²) in [6, 6.07) is 0.454. The van der Waals surface area contributed by atoms with E-state index >= 15 is 0 Å². The van der Waals surface area contributed by atoms with Crippen LogP contribution in [0.5, 0.6) is 0 Å². The molecule has 0 aromatic heterocycles. The molecule has 94 valence electrons. The summed E-state index contributed by atoms with van der Waals surface area (Å²) < 4.78 is 5.61. The van der Waals surface area contributed by atoms with Gasteiger partial charge < -0.3 is 15.7 Å². The average molecular weight is 229 g/mol. The molecular formula is C11H23N3O2. The minimum Gasteiger partial charge on any atom is -0.409 e. The Kier molecular flexibility index (Phi) is 5.55. The molecule has 0 aromatic rings. The van der Waals surface area contributed by atoms with Crippen LogP contribution in [-0.2, 0) is 4.74 Å². The van der Waals surface area contributed by atoms with Crippen LogP contribution in [0.2, 0.25) is 0 Å². The molecule has 0 radical (unpaired) electrons. The summed E-state index contributed by atoms with van der Waals surface area (Å²) in [6.07, 6.45) is 3.26. The molecule has 0 spiro atoms. The molecule has 5 heteroatoms. The molecular weight excluding hydrogens is 206 g/mol. The highest BCUT2D eigenvalue weighted by atomic mass is 16.5. The Morgan fingerprint density at radius 1 is 1.62 bits per heavy atom. The van der Waals surface area contributed by atoms with Crippen molar-refractivity contribution in [1.29, 1.82) is 0 Å². The van der Waals surface area contributed by atoms with Crippen molar-refractivity contribution in [3.05, 3.63) is 0 Å². The Morgan fingerprint density at radius 3 is 2.88 bits per heavy atom. The molecule has 1 aliphatic heterocycles. The van der Waals surface area contributed by atoms with Gasteiger partial charge in [-0.25, -0.2) is 0 Å². The van der Waals surface area contributed by atoms with E-state index in [1.54, 1.807) is 0 Å². The standard InChI is InChI=1S/C11H23N3O2/c1-9(2)14(6-5-11(12)13-15)8-10-4-3-7-16-10/h9-10,15H,3-8H2,1-2H3,(H2,12,13). The van der Waals surface area contributed by atoms with Gasteiger partial charge in [0.25, 0.3) is 0 Å². The van der Waals surface area contributed by atoms with Crippen LogP contribution in [0.4, 0.5) is 0 Å². The second-order valence-corrected chi connectivity index (χ2v) is 4.57. The quantitative estimate of drug-likeness (QED) is 0.309. The van der Waals surface area contributed by atoms with Crippen molar-refractivity contribution in [2.24, 2.45) is 10.9 Å².